The van der Waals surface area contributed by atoms with Gasteiger partial charge in [-0.25, -0.2) is 9.82 Å². The Morgan fingerprint density at radius 2 is 2.38 bits per heavy atom. The number of hydrogen-bond acceptors (Lipinski definition) is 3. The van der Waals surface area contributed by atoms with Gasteiger partial charge in [-0.05, 0) is 18.6 Å². The fraction of sp³-hybridized carbons (Fsp3) is 0.222. The lowest BCUT2D eigenvalue weighted by molar-refractivity contribution is 0.624. The fourth-order valence-electron chi connectivity index (χ4n) is 1.25. The van der Waals surface area contributed by atoms with Crippen molar-refractivity contribution in [2.75, 3.05) is 11.7 Å². The van der Waals surface area contributed by atoms with E-state index in [1.807, 2.05) is 6.92 Å². The number of aryl methyl sites for hydroxylation is 1. The minimum atomic E-state index is -0.246. The van der Waals surface area contributed by atoms with Gasteiger partial charge < -0.3 is 0 Å². The summed E-state index contributed by atoms with van der Waals surface area (Å²) < 4.78 is 12.9. The quantitative estimate of drug-likeness (QED) is 0.706. The van der Waals surface area contributed by atoms with Crippen LogP contribution in [0.1, 0.15) is 5.56 Å². The molecule has 4 heteroatoms. The topological polar surface area (TPSA) is 27.6 Å². The number of nitrogens with one attached hydrogen (secondary N) is 1. The Morgan fingerprint density at radius 1 is 1.54 bits per heavy atom. The molecule has 1 N–H and O–H groups in total. The molecule has 68 valence electrons. The molecular formula is C9H10FN3. The molecule has 1 heterocycles. The van der Waals surface area contributed by atoms with Gasteiger partial charge in [-0.3, -0.25) is 0 Å². The van der Waals surface area contributed by atoms with Crippen LogP contribution in [0, 0.1) is 12.7 Å². The Labute approximate surface area is 75.8 Å². The lowest BCUT2D eigenvalue weighted by Gasteiger charge is -2.16. The SMILES string of the molecule is Cc1ccc(F)cc1N1N=CCN1. The van der Waals surface area contributed by atoms with Crippen LogP contribution in [0.4, 0.5) is 10.1 Å². The third-order valence-electron chi connectivity index (χ3n) is 1.93. The first-order valence-corrected chi connectivity index (χ1v) is 4.09. The standard InChI is InChI=1S/C9H10FN3/c1-7-2-3-8(10)6-9(7)13-11-4-5-12-13/h2-4,6,12H,5H2,1H3. The molecule has 1 aliphatic rings. The molecule has 0 amide bonds. The van der Waals surface area contributed by atoms with Crippen molar-refractivity contribution in [3.63, 3.8) is 0 Å². The van der Waals surface area contributed by atoms with Crippen molar-refractivity contribution in [2.24, 2.45) is 5.10 Å². The van der Waals surface area contributed by atoms with E-state index in [0.29, 0.717) is 6.54 Å². The van der Waals surface area contributed by atoms with Gasteiger partial charge in [0.1, 0.15) is 5.82 Å². The number of rotatable bonds is 1. The fourth-order valence-corrected chi connectivity index (χ4v) is 1.25. The maximum absolute atomic E-state index is 12.9. The number of halogens is 1. The molecule has 0 aliphatic carbocycles. The maximum atomic E-state index is 12.9. The summed E-state index contributed by atoms with van der Waals surface area (Å²) in [6, 6.07) is 4.64. The minimum Gasteiger partial charge on any atom is -0.208 e. The van der Waals surface area contributed by atoms with Gasteiger partial charge in [-0.2, -0.15) is 10.2 Å². The van der Waals surface area contributed by atoms with E-state index in [1.165, 1.54) is 12.1 Å². The molecule has 0 aromatic heterocycles. The summed E-state index contributed by atoms with van der Waals surface area (Å²) in [4.78, 5) is 0. The lowest BCUT2D eigenvalue weighted by atomic mass is 10.2. The first kappa shape index (κ1) is 8.19. The van der Waals surface area contributed by atoms with E-state index in [0.717, 1.165) is 11.3 Å². The number of hydrogen-bond donors (Lipinski definition) is 1. The number of benzene rings is 1. The van der Waals surface area contributed by atoms with Crippen LogP contribution in [-0.4, -0.2) is 12.8 Å². The smallest absolute Gasteiger partial charge is 0.125 e. The zero-order valence-electron chi connectivity index (χ0n) is 7.29. The molecule has 1 aliphatic heterocycles. The average molecular weight is 179 g/mol. The van der Waals surface area contributed by atoms with Gasteiger partial charge in [-0.15, -0.1) is 0 Å². The number of nitrogens with zero attached hydrogens (tertiary/aromatic N) is 2. The van der Waals surface area contributed by atoms with Crippen LogP contribution in [0.25, 0.3) is 0 Å². The second kappa shape index (κ2) is 3.14. The number of hydrazine groups is 1. The molecule has 0 atom stereocenters. The summed E-state index contributed by atoms with van der Waals surface area (Å²) in [5, 5.41) is 5.62. The Morgan fingerprint density at radius 3 is 3.08 bits per heavy atom. The molecule has 0 saturated heterocycles. The van der Waals surface area contributed by atoms with Crippen LogP contribution in [-0.2, 0) is 0 Å². The van der Waals surface area contributed by atoms with E-state index in [2.05, 4.69) is 10.5 Å². The summed E-state index contributed by atoms with van der Waals surface area (Å²) >= 11 is 0. The Bertz CT molecular complexity index is 349. The van der Waals surface area contributed by atoms with Gasteiger partial charge >= 0.3 is 0 Å². The van der Waals surface area contributed by atoms with Crippen molar-refractivity contribution in [1.29, 1.82) is 0 Å². The highest BCUT2D eigenvalue weighted by atomic mass is 19.1. The normalized spacial score (nSPS) is 15.4. The van der Waals surface area contributed by atoms with E-state index < -0.39 is 0 Å². The molecule has 2 rings (SSSR count). The van der Waals surface area contributed by atoms with E-state index in [-0.39, 0.29) is 5.82 Å². The summed E-state index contributed by atoms with van der Waals surface area (Å²) in [7, 11) is 0. The van der Waals surface area contributed by atoms with Crippen LogP contribution in [0.5, 0.6) is 0 Å². The monoisotopic (exact) mass is 179 g/mol. The maximum Gasteiger partial charge on any atom is 0.125 e. The molecule has 13 heavy (non-hydrogen) atoms. The van der Waals surface area contributed by atoms with Crippen molar-refractivity contribution in [1.82, 2.24) is 5.43 Å². The predicted molar refractivity (Wildman–Crippen MR) is 50.1 cm³/mol. The molecule has 0 fully saturated rings. The first-order chi connectivity index (χ1) is 6.27. The number of anilines is 1. The molecule has 0 bridgehead atoms. The largest absolute Gasteiger partial charge is 0.208 e. The highest BCUT2D eigenvalue weighted by Crippen LogP contribution is 2.20. The Hall–Kier alpha value is -1.42. The summed E-state index contributed by atoms with van der Waals surface area (Å²) in [5.41, 5.74) is 4.74. The first-order valence-electron chi connectivity index (χ1n) is 4.09. The third kappa shape index (κ3) is 1.53. The van der Waals surface area contributed by atoms with Crippen molar-refractivity contribution < 1.29 is 4.39 Å². The second-order valence-electron chi connectivity index (χ2n) is 2.90. The van der Waals surface area contributed by atoms with Crippen molar-refractivity contribution >= 4 is 11.9 Å². The Kier molecular flexibility index (Phi) is 1.98. The van der Waals surface area contributed by atoms with Crippen LogP contribution < -0.4 is 10.5 Å². The van der Waals surface area contributed by atoms with Crippen molar-refractivity contribution in [3.05, 3.63) is 29.6 Å². The van der Waals surface area contributed by atoms with Gasteiger partial charge in [-0.1, -0.05) is 6.07 Å². The van der Waals surface area contributed by atoms with Gasteiger partial charge in [0.2, 0.25) is 0 Å². The predicted octanol–water partition coefficient (Wildman–Crippen LogP) is 1.44. The van der Waals surface area contributed by atoms with Crippen LogP contribution >= 0.6 is 0 Å². The molecule has 0 saturated carbocycles. The van der Waals surface area contributed by atoms with Gasteiger partial charge in [0.05, 0.1) is 12.2 Å². The Balaban J connectivity index is 2.37. The van der Waals surface area contributed by atoms with E-state index in [1.54, 1.807) is 17.4 Å². The van der Waals surface area contributed by atoms with Crippen molar-refractivity contribution in [2.45, 2.75) is 6.92 Å². The van der Waals surface area contributed by atoms with Crippen LogP contribution in [0.2, 0.25) is 0 Å². The highest BCUT2D eigenvalue weighted by Gasteiger charge is 2.10. The molecular weight excluding hydrogens is 169 g/mol. The highest BCUT2D eigenvalue weighted by molar-refractivity contribution is 5.66. The van der Waals surface area contributed by atoms with Crippen molar-refractivity contribution in [3.8, 4) is 0 Å². The molecule has 0 unspecified atom stereocenters. The van der Waals surface area contributed by atoms with E-state index in [9.17, 15) is 4.39 Å². The van der Waals surface area contributed by atoms with Crippen LogP contribution in [0.3, 0.4) is 0 Å². The molecule has 0 radical (unpaired) electrons. The summed E-state index contributed by atoms with van der Waals surface area (Å²) in [6.45, 7) is 2.61. The van der Waals surface area contributed by atoms with Gasteiger partial charge in [0.25, 0.3) is 0 Å². The minimum absolute atomic E-state index is 0.246. The molecule has 1 aromatic carbocycles. The summed E-state index contributed by atoms with van der Waals surface area (Å²) in [5.74, 6) is -0.246. The van der Waals surface area contributed by atoms with E-state index in [4.69, 9.17) is 0 Å². The zero-order chi connectivity index (χ0) is 9.26. The average Bonchev–Trinajstić information content (AvgIpc) is 2.61. The van der Waals surface area contributed by atoms with E-state index >= 15 is 0 Å². The third-order valence-corrected chi connectivity index (χ3v) is 1.93. The number of hydrazone groups is 1. The van der Waals surface area contributed by atoms with Gasteiger partial charge in [0.15, 0.2) is 0 Å². The zero-order valence-corrected chi connectivity index (χ0v) is 7.29. The lowest BCUT2D eigenvalue weighted by Crippen LogP contribution is -2.28. The van der Waals surface area contributed by atoms with Crippen LogP contribution in [0.15, 0.2) is 23.3 Å². The molecule has 0 spiro atoms. The summed E-state index contributed by atoms with van der Waals surface area (Å²) in [6.07, 6.45) is 1.74. The second-order valence-corrected chi connectivity index (χ2v) is 2.90. The molecule has 1 aromatic rings. The molecule has 3 nitrogen and oxygen atoms in total. The van der Waals surface area contributed by atoms with Gasteiger partial charge in [0, 0.05) is 12.3 Å².